The summed E-state index contributed by atoms with van der Waals surface area (Å²) >= 11 is 0. The van der Waals surface area contributed by atoms with Crippen LogP contribution < -0.4 is 5.73 Å². The molecule has 1 atom stereocenters. The summed E-state index contributed by atoms with van der Waals surface area (Å²) in [5.41, 5.74) is 7.50. The maximum Gasteiger partial charge on any atom is 0.125 e. The molecular weight excluding hydrogens is 229 g/mol. The number of hydrogen-bond acceptors (Lipinski definition) is 2. The van der Waals surface area contributed by atoms with Crippen molar-refractivity contribution in [2.24, 2.45) is 5.73 Å². The summed E-state index contributed by atoms with van der Waals surface area (Å²) in [5, 5.41) is 0. The van der Waals surface area contributed by atoms with Crippen LogP contribution in [0.15, 0.2) is 18.2 Å². The van der Waals surface area contributed by atoms with Gasteiger partial charge in [-0.1, -0.05) is 0 Å². The van der Waals surface area contributed by atoms with Crippen molar-refractivity contribution in [2.75, 3.05) is 0 Å². The summed E-state index contributed by atoms with van der Waals surface area (Å²) < 4.78 is 15.3. The number of hydrogen-bond donors (Lipinski definition) is 1. The molecule has 2 rings (SSSR count). The van der Waals surface area contributed by atoms with Gasteiger partial charge in [0.15, 0.2) is 0 Å². The topological polar surface area (TPSA) is 43.8 Å². The molecule has 1 aromatic heterocycles. The van der Waals surface area contributed by atoms with Crippen molar-refractivity contribution >= 4 is 11.0 Å². The van der Waals surface area contributed by atoms with E-state index in [-0.39, 0.29) is 11.9 Å². The van der Waals surface area contributed by atoms with Gasteiger partial charge in [-0.05, 0) is 44.9 Å². The number of fused-ring (bicyclic) bond motifs is 1. The molecule has 0 spiro atoms. The molecule has 18 heavy (non-hydrogen) atoms. The van der Waals surface area contributed by atoms with Crippen LogP contribution in [0.1, 0.15) is 32.5 Å². The average Bonchev–Trinajstić information content (AvgIpc) is 2.65. The van der Waals surface area contributed by atoms with E-state index < -0.39 is 0 Å². The highest BCUT2D eigenvalue weighted by Crippen LogP contribution is 2.19. The summed E-state index contributed by atoms with van der Waals surface area (Å²) in [6.45, 7) is 4.88. The molecule has 3 nitrogen and oxygen atoms in total. The Morgan fingerprint density at radius 1 is 1.44 bits per heavy atom. The van der Waals surface area contributed by atoms with Crippen molar-refractivity contribution < 1.29 is 4.39 Å². The Labute approximate surface area is 107 Å². The lowest BCUT2D eigenvalue weighted by Crippen LogP contribution is -2.15. The van der Waals surface area contributed by atoms with Gasteiger partial charge < -0.3 is 10.3 Å². The molecule has 2 N–H and O–H groups in total. The normalized spacial score (nSPS) is 13.1. The lowest BCUT2D eigenvalue weighted by atomic mass is 10.1. The van der Waals surface area contributed by atoms with E-state index in [0.717, 1.165) is 42.7 Å². The average molecular weight is 249 g/mol. The summed E-state index contributed by atoms with van der Waals surface area (Å²) in [6.07, 6.45) is 2.90. The number of nitrogens with two attached hydrogens (primary N) is 1. The van der Waals surface area contributed by atoms with Gasteiger partial charge in [-0.25, -0.2) is 9.37 Å². The monoisotopic (exact) mass is 249 g/mol. The highest BCUT2D eigenvalue weighted by atomic mass is 19.1. The molecule has 0 radical (unpaired) electrons. The SMILES string of the molecule is CCn1c(CCCC(C)N)nc2ccc(F)cc21. The van der Waals surface area contributed by atoms with Crippen molar-refractivity contribution in [1.82, 2.24) is 9.55 Å². The second-order valence-corrected chi connectivity index (χ2v) is 4.77. The van der Waals surface area contributed by atoms with Crippen LogP contribution in [0.3, 0.4) is 0 Å². The minimum absolute atomic E-state index is 0.209. The summed E-state index contributed by atoms with van der Waals surface area (Å²) in [5.74, 6) is 0.818. The van der Waals surface area contributed by atoms with Crippen molar-refractivity contribution in [3.63, 3.8) is 0 Å². The van der Waals surface area contributed by atoms with Gasteiger partial charge in [-0.2, -0.15) is 0 Å². The smallest absolute Gasteiger partial charge is 0.125 e. The lowest BCUT2D eigenvalue weighted by Gasteiger charge is -2.07. The molecule has 0 bridgehead atoms. The van der Waals surface area contributed by atoms with Gasteiger partial charge in [0.2, 0.25) is 0 Å². The third-order valence-electron chi connectivity index (χ3n) is 3.17. The molecule has 1 unspecified atom stereocenters. The van der Waals surface area contributed by atoms with Gasteiger partial charge in [0.25, 0.3) is 0 Å². The predicted molar refractivity (Wildman–Crippen MR) is 72.0 cm³/mol. The highest BCUT2D eigenvalue weighted by Gasteiger charge is 2.10. The number of nitrogens with zero attached hydrogens (tertiary/aromatic N) is 2. The Kier molecular flexibility index (Phi) is 3.97. The maximum atomic E-state index is 13.3. The summed E-state index contributed by atoms with van der Waals surface area (Å²) in [4.78, 5) is 4.58. The van der Waals surface area contributed by atoms with Crippen molar-refractivity contribution in [3.05, 3.63) is 29.8 Å². The van der Waals surface area contributed by atoms with Gasteiger partial charge in [-0.3, -0.25) is 0 Å². The van der Waals surface area contributed by atoms with Crippen molar-refractivity contribution in [1.29, 1.82) is 0 Å². The predicted octanol–water partition coefficient (Wildman–Crippen LogP) is 2.87. The van der Waals surface area contributed by atoms with Crippen LogP contribution in [0.5, 0.6) is 0 Å². The van der Waals surface area contributed by atoms with E-state index >= 15 is 0 Å². The zero-order chi connectivity index (χ0) is 13.1. The molecule has 0 aliphatic heterocycles. The van der Waals surface area contributed by atoms with E-state index in [2.05, 4.69) is 16.5 Å². The van der Waals surface area contributed by atoms with Gasteiger partial charge in [0.05, 0.1) is 11.0 Å². The molecule has 1 aromatic carbocycles. The third kappa shape index (κ3) is 2.70. The molecule has 98 valence electrons. The van der Waals surface area contributed by atoms with Gasteiger partial charge in [0, 0.05) is 19.0 Å². The largest absolute Gasteiger partial charge is 0.328 e. The van der Waals surface area contributed by atoms with E-state index in [9.17, 15) is 4.39 Å². The van der Waals surface area contributed by atoms with Crippen LogP contribution in [-0.2, 0) is 13.0 Å². The summed E-state index contributed by atoms with van der Waals surface area (Å²) in [6, 6.07) is 4.98. The molecule has 2 aromatic rings. The number of benzene rings is 1. The number of aromatic nitrogens is 2. The fraction of sp³-hybridized carbons (Fsp3) is 0.500. The summed E-state index contributed by atoms with van der Waals surface area (Å²) in [7, 11) is 0. The molecule has 4 heteroatoms. The Balaban J connectivity index is 2.27. The Morgan fingerprint density at radius 3 is 2.89 bits per heavy atom. The zero-order valence-electron chi connectivity index (χ0n) is 11.0. The van der Waals surface area contributed by atoms with Gasteiger partial charge >= 0.3 is 0 Å². The first-order valence-electron chi connectivity index (χ1n) is 6.52. The molecule has 0 aliphatic rings. The molecule has 0 saturated heterocycles. The Bertz CT molecular complexity index is 531. The van der Waals surface area contributed by atoms with Crippen molar-refractivity contribution in [3.8, 4) is 0 Å². The fourth-order valence-corrected chi connectivity index (χ4v) is 2.27. The van der Waals surface area contributed by atoms with Crippen LogP contribution >= 0.6 is 0 Å². The van der Waals surface area contributed by atoms with Crippen LogP contribution in [0.25, 0.3) is 11.0 Å². The van der Waals surface area contributed by atoms with Crippen LogP contribution in [-0.4, -0.2) is 15.6 Å². The Hall–Kier alpha value is -1.42. The van der Waals surface area contributed by atoms with E-state index in [1.54, 1.807) is 12.1 Å². The van der Waals surface area contributed by atoms with Gasteiger partial charge in [-0.15, -0.1) is 0 Å². The second-order valence-electron chi connectivity index (χ2n) is 4.77. The van der Waals surface area contributed by atoms with E-state index in [1.165, 1.54) is 6.07 Å². The number of aryl methyl sites for hydroxylation is 2. The van der Waals surface area contributed by atoms with Crippen LogP contribution in [0.4, 0.5) is 4.39 Å². The van der Waals surface area contributed by atoms with E-state index in [4.69, 9.17) is 5.73 Å². The molecule has 1 heterocycles. The lowest BCUT2D eigenvalue weighted by molar-refractivity contribution is 0.597. The van der Waals surface area contributed by atoms with Gasteiger partial charge in [0.1, 0.15) is 11.6 Å². The molecular formula is C14H20FN3. The minimum atomic E-state index is -0.209. The second kappa shape index (κ2) is 5.48. The zero-order valence-corrected chi connectivity index (χ0v) is 11.0. The molecule has 0 fully saturated rings. The minimum Gasteiger partial charge on any atom is -0.328 e. The first kappa shape index (κ1) is 13.0. The maximum absolute atomic E-state index is 13.3. The molecule has 0 amide bonds. The number of imidazole rings is 1. The van der Waals surface area contributed by atoms with E-state index in [1.807, 2.05) is 6.92 Å². The van der Waals surface area contributed by atoms with Crippen molar-refractivity contribution in [2.45, 2.75) is 45.7 Å². The first-order valence-corrected chi connectivity index (χ1v) is 6.52. The first-order chi connectivity index (χ1) is 8.61. The number of halogens is 1. The van der Waals surface area contributed by atoms with E-state index in [0.29, 0.717) is 0 Å². The standard InChI is InChI=1S/C14H20FN3/c1-3-18-13-9-11(15)7-8-12(13)17-14(18)6-4-5-10(2)16/h7-10H,3-6,16H2,1-2H3. The quantitative estimate of drug-likeness (QED) is 0.885. The van der Waals surface area contributed by atoms with Crippen LogP contribution in [0, 0.1) is 5.82 Å². The van der Waals surface area contributed by atoms with Crippen LogP contribution in [0.2, 0.25) is 0 Å². The molecule has 0 aliphatic carbocycles. The third-order valence-corrected chi connectivity index (χ3v) is 3.17. The highest BCUT2D eigenvalue weighted by molar-refractivity contribution is 5.76. The number of rotatable bonds is 5. The fourth-order valence-electron chi connectivity index (χ4n) is 2.27. The molecule has 0 saturated carbocycles. The Morgan fingerprint density at radius 2 is 2.22 bits per heavy atom.